The lowest BCUT2D eigenvalue weighted by molar-refractivity contribution is -0.194. The Labute approximate surface area is 196 Å². The number of nitrogens with zero attached hydrogens (tertiary/aromatic N) is 1. The maximum absolute atomic E-state index is 13.0. The lowest BCUT2D eigenvalue weighted by Crippen LogP contribution is -2.51. The molecule has 2 aromatic carbocycles. The molecule has 7 N–H and O–H groups in total. The Morgan fingerprint density at radius 2 is 1.74 bits per heavy atom. The number of phenolic OH excluding ortho intramolecular Hbond substituents is 4. The van der Waals surface area contributed by atoms with Crippen LogP contribution in [-0.2, 0) is 6.54 Å². The van der Waals surface area contributed by atoms with Crippen molar-refractivity contribution >= 4 is 5.78 Å². The van der Waals surface area contributed by atoms with Crippen LogP contribution in [0.2, 0.25) is 0 Å². The highest BCUT2D eigenvalue weighted by atomic mass is 16.5. The summed E-state index contributed by atoms with van der Waals surface area (Å²) in [5.74, 6) is -2.55. The predicted octanol–water partition coefficient (Wildman–Crippen LogP) is 2.30. The van der Waals surface area contributed by atoms with Crippen molar-refractivity contribution in [3.63, 3.8) is 0 Å². The first-order valence-corrected chi connectivity index (χ1v) is 11.0. The van der Waals surface area contributed by atoms with E-state index < -0.39 is 40.6 Å². The van der Waals surface area contributed by atoms with Gasteiger partial charge in [-0.2, -0.15) is 5.06 Å². The van der Waals surface area contributed by atoms with Crippen LogP contribution in [0.5, 0.6) is 28.7 Å². The summed E-state index contributed by atoms with van der Waals surface area (Å²) >= 11 is 0. The quantitative estimate of drug-likeness (QED) is 0.327. The fourth-order valence-electron chi connectivity index (χ4n) is 4.94. The Hall–Kier alpha value is -3.05. The number of aliphatic hydroxyl groups excluding tert-OH is 1. The number of ether oxygens (including phenoxy) is 1. The molecule has 2 aliphatic heterocycles. The largest absolute Gasteiger partial charge is 0.507 e. The molecule has 3 unspecified atom stereocenters. The van der Waals surface area contributed by atoms with Gasteiger partial charge in [0, 0.05) is 24.2 Å². The Morgan fingerprint density at radius 3 is 2.32 bits per heavy atom. The maximum atomic E-state index is 13.0. The van der Waals surface area contributed by atoms with Crippen LogP contribution >= 0.6 is 0 Å². The Bertz CT molecular complexity index is 1150. The zero-order valence-electron chi connectivity index (χ0n) is 19.4. The number of ketones is 1. The first kappa shape index (κ1) is 24.1. The number of aromatic hydroxyl groups is 4. The van der Waals surface area contributed by atoms with Crippen molar-refractivity contribution in [2.75, 3.05) is 0 Å². The van der Waals surface area contributed by atoms with Crippen LogP contribution < -0.4 is 10.1 Å². The van der Waals surface area contributed by atoms with Gasteiger partial charge in [-0.15, -0.1) is 0 Å². The highest BCUT2D eigenvalue weighted by Gasteiger charge is 2.51. The molecule has 0 aliphatic carbocycles. The van der Waals surface area contributed by atoms with Crippen LogP contribution in [-0.4, -0.2) is 64.8 Å². The number of phenols is 4. The van der Waals surface area contributed by atoms with E-state index in [0.717, 1.165) is 6.07 Å². The predicted molar refractivity (Wildman–Crippen MR) is 120 cm³/mol. The van der Waals surface area contributed by atoms with E-state index in [0.29, 0.717) is 6.42 Å². The fraction of sp³-hybridized carbons (Fsp3) is 0.458. The highest BCUT2D eigenvalue weighted by Crippen LogP contribution is 2.46. The zero-order valence-corrected chi connectivity index (χ0v) is 19.4. The molecule has 0 aromatic heterocycles. The van der Waals surface area contributed by atoms with Gasteiger partial charge in [-0.05, 0) is 51.8 Å². The van der Waals surface area contributed by atoms with Gasteiger partial charge >= 0.3 is 0 Å². The molecule has 1 fully saturated rings. The molecule has 10 nitrogen and oxygen atoms in total. The SMILES string of the molecule is CC1(C)CC(NCc2c(O)cc3c(c2O)C(=O)C(O)C(c2ccc(O)c(O)c2)O3)C(C)(C)N1O. The second-order valence-electron chi connectivity index (χ2n) is 10.1. The molecule has 2 heterocycles. The molecule has 2 aromatic rings. The minimum absolute atomic E-state index is 0.00159. The van der Waals surface area contributed by atoms with Crippen LogP contribution in [0.1, 0.15) is 61.7 Å². The molecule has 2 aliphatic rings. The Kier molecular flexibility index (Phi) is 5.68. The molecule has 10 heteroatoms. The van der Waals surface area contributed by atoms with E-state index in [-0.39, 0.29) is 46.5 Å². The molecule has 0 spiro atoms. The van der Waals surface area contributed by atoms with Crippen LogP contribution in [0.15, 0.2) is 24.3 Å². The Morgan fingerprint density at radius 1 is 1.06 bits per heavy atom. The first-order valence-electron chi connectivity index (χ1n) is 11.0. The van der Waals surface area contributed by atoms with Crippen LogP contribution in [0.25, 0.3) is 0 Å². The van der Waals surface area contributed by atoms with E-state index in [1.165, 1.54) is 23.3 Å². The lowest BCUT2D eigenvalue weighted by Gasteiger charge is -2.36. The third-order valence-corrected chi connectivity index (χ3v) is 6.93. The van der Waals surface area contributed by atoms with Crippen molar-refractivity contribution in [2.45, 2.75) is 70.0 Å². The van der Waals surface area contributed by atoms with E-state index in [2.05, 4.69) is 5.32 Å². The summed E-state index contributed by atoms with van der Waals surface area (Å²) in [5, 5.41) is 66.4. The number of aliphatic hydroxyl groups is 1. The molecule has 34 heavy (non-hydrogen) atoms. The van der Waals surface area contributed by atoms with Crippen molar-refractivity contribution < 1.29 is 40.3 Å². The van der Waals surface area contributed by atoms with Crippen molar-refractivity contribution in [1.29, 1.82) is 0 Å². The van der Waals surface area contributed by atoms with Crippen molar-refractivity contribution in [1.82, 2.24) is 10.4 Å². The Balaban J connectivity index is 1.63. The number of fused-ring (bicyclic) bond motifs is 1. The number of nitrogens with one attached hydrogen (secondary N) is 1. The average Bonchev–Trinajstić information content (AvgIpc) is 2.91. The molecular formula is C24H30N2O8. The molecule has 184 valence electrons. The van der Waals surface area contributed by atoms with Crippen LogP contribution in [0.4, 0.5) is 0 Å². The lowest BCUT2D eigenvalue weighted by atomic mass is 9.90. The number of hydrogen-bond donors (Lipinski definition) is 7. The maximum Gasteiger partial charge on any atom is 0.202 e. The smallest absolute Gasteiger partial charge is 0.202 e. The summed E-state index contributed by atoms with van der Waals surface area (Å²) in [7, 11) is 0. The van der Waals surface area contributed by atoms with Crippen molar-refractivity contribution in [2.24, 2.45) is 0 Å². The molecule has 0 saturated carbocycles. The van der Waals surface area contributed by atoms with Crippen molar-refractivity contribution in [3.8, 4) is 28.7 Å². The summed E-state index contributed by atoms with van der Waals surface area (Å²) in [6, 6.07) is 4.75. The minimum Gasteiger partial charge on any atom is -0.507 e. The number of carbonyl (C=O) groups is 1. The van der Waals surface area contributed by atoms with Gasteiger partial charge in [0.15, 0.2) is 23.7 Å². The van der Waals surface area contributed by atoms with Gasteiger partial charge in [-0.1, -0.05) is 6.07 Å². The molecule has 1 saturated heterocycles. The standard InChI is InChI=1S/C24H30N2O8/c1-23(2)9-17(24(3,4)26(23)33)25-10-12-14(28)8-16-18(19(12)30)20(31)21(32)22(34-16)11-5-6-13(27)15(29)7-11/h5-8,17,21-22,25,27-30,32-33H,9-10H2,1-4H3. The fourth-order valence-corrected chi connectivity index (χ4v) is 4.94. The molecule has 0 bridgehead atoms. The van der Waals surface area contributed by atoms with Crippen molar-refractivity contribution in [3.05, 3.63) is 41.0 Å². The summed E-state index contributed by atoms with van der Waals surface area (Å²) in [5.41, 5.74) is -1.07. The second kappa shape index (κ2) is 8.02. The zero-order chi connectivity index (χ0) is 25.2. The summed E-state index contributed by atoms with van der Waals surface area (Å²) in [6.07, 6.45) is -2.30. The summed E-state index contributed by atoms with van der Waals surface area (Å²) in [4.78, 5) is 13.0. The van der Waals surface area contributed by atoms with E-state index in [4.69, 9.17) is 4.74 Å². The molecule has 3 atom stereocenters. The number of hydroxylamine groups is 2. The number of hydrogen-bond acceptors (Lipinski definition) is 10. The van der Waals surface area contributed by atoms with E-state index in [9.17, 15) is 35.5 Å². The number of benzene rings is 2. The molecular weight excluding hydrogens is 444 g/mol. The third-order valence-electron chi connectivity index (χ3n) is 6.93. The van der Waals surface area contributed by atoms with Gasteiger partial charge in [-0.25, -0.2) is 0 Å². The monoisotopic (exact) mass is 474 g/mol. The number of carbonyl (C=O) groups excluding carboxylic acids is 1. The van der Waals surface area contributed by atoms with Gasteiger partial charge in [-0.3, -0.25) is 4.79 Å². The van der Waals surface area contributed by atoms with Gasteiger partial charge < -0.3 is 40.8 Å². The second-order valence-corrected chi connectivity index (χ2v) is 10.1. The number of rotatable bonds is 4. The normalized spacial score (nSPS) is 25.7. The van der Waals surface area contributed by atoms with E-state index in [1.54, 1.807) is 0 Å². The molecule has 0 amide bonds. The highest BCUT2D eigenvalue weighted by molar-refractivity contribution is 6.06. The van der Waals surface area contributed by atoms with Crippen LogP contribution in [0.3, 0.4) is 0 Å². The van der Waals surface area contributed by atoms with Gasteiger partial charge in [0.2, 0.25) is 5.78 Å². The average molecular weight is 475 g/mol. The minimum atomic E-state index is -1.69. The number of Topliss-reactive ketones (excluding diaryl/α,β-unsaturated/α-hetero) is 1. The topological polar surface area (TPSA) is 163 Å². The van der Waals surface area contributed by atoms with E-state index >= 15 is 0 Å². The first-order chi connectivity index (χ1) is 15.8. The summed E-state index contributed by atoms with van der Waals surface area (Å²) < 4.78 is 5.72. The molecule has 4 rings (SSSR count). The molecule has 0 radical (unpaired) electrons. The van der Waals surface area contributed by atoms with E-state index in [1.807, 2.05) is 27.7 Å². The van der Waals surface area contributed by atoms with Gasteiger partial charge in [0.05, 0.1) is 11.1 Å². The third kappa shape index (κ3) is 3.72. The summed E-state index contributed by atoms with van der Waals surface area (Å²) in [6.45, 7) is 7.57. The van der Waals surface area contributed by atoms with Crippen LogP contribution in [0, 0.1) is 0 Å². The van der Waals surface area contributed by atoms with Gasteiger partial charge in [0.1, 0.15) is 22.8 Å². The van der Waals surface area contributed by atoms with Gasteiger partial charge in [0.25, 0.3) is 0 Å².